The van der Waals surface area contributed by atoms with E-state index in [9.17, 15) is 5.11 Å². The molecule has 19 heavy (non-hydrogen) atoms. The van der Waals surface area contributed by atoms with Crippen molar-refractivity contribution in [1.82, 2.24) is 15.0 Å². The lowest BCUT2D eigenvalue weighted by Crippen LogP contribution is -2.33. The average molecular weight is 270 g/mol. The third-order valence-electron chi connectivity index (χ3n) is 3.38. The van der Waals surface area contributed by atoms with Gasteiger partial charge in [-0.25, -0.2) is 5.84 Å². The Kier molecular flexibility index (Phi) is 5.71. The normalized spacial score (nSPS) is 11.2. The van der Waals surface area contributed by atoms with Crippen molar-refractivity contribution in [2.24, 2.45) is 11.3 Å². The summed E-state index contributed by atoms with van der Waals surface area (Å²) >= 11 is 0. The van der Waals surface area contributed by atoms with Crippen LogP contribution in [0, 0.1) is 5.41 Å². The summed E-state index contributed by atoms with van der Waals surface area (Å²) in [7, 11) is 1.47. The summed E-state index contributed by atoms with van der Waals surface area (Å²) in [4.78, 5) is 12.1. The number of hydrazine groups is 1. The van der Waals surface area contributed by atoms with E-state index in [1.165, 1.54) is 7.11 Å². The molecule has 1 heterocycles. The number of hydrogen-bond acceptors (Lipinski definition) is 8. The van der Waals surface area contributed by atoms with Gasteiger partial charge in [-0.2, -0.15) is 15.0 Å². The van der Waals surface area contributed by atoms with E-state index in [4.69, 9.17) is 10.6 Å². The number of aliphatic hydroxyl groups is 1. The SMILES string of the molecule is CCC(CC)(CO)CNc1nc(NN)nc(OC)n1. The van der Waals surface area contributed by atoms with E-state index in [1.807, 2.05) is 13.8 Å². The van der Waals surface area contributed by atoms with E-state index in [2.05, 4.69) is 25.7 Å². The van der Waals surface area contributed by atoms with Gasteiger partial charge in [-0.05, 0) is 12.8 Å². The zero-order valence-electron chi connectivity index (χ0n) is 11.6. The van der Waals surface area contributed by atoms with Crippen LogP contribution in [-0.2, 0) is 0 Å². The molecule has 1 aromatic rings. The Bertz CT molecular complexity index is 366. The largest absolute Gasteiger partial charge is 0.467 e. The maximum atomic E-state index is 9.51. The lowest BCUT2D eigenvalue weighted by Gasteiger charge is -2.29. The number of anilines is 2. The Morgan fingerprint density at radius 3 is 2.32 bits per heavy atom. The number of nitrogens with one attached hydrogen (secondary N) is 2. The van der Waals surface area contributed by atoms with Crippen molar-refractivity contribution >= 4 is 11.9 Å². The van der Waals surface area contributed by atoms with E-state index in [0.29, 0.717) is 12.5 Å². The molecule has 0 unspecified atom stereocenters. The molecular formula is C11H22N6O2. The van der Waals surface area contributed by atoms with Crippen LogP contribution in [0.3, 0.4) is 0 Å². The second-order valence-corrected chi connectivity index (χ2v) is 4.33. The van der Waals surface area contributed by atoms with Crippen molar-refractivity contribution in [3.63, 3.8) is 0 Å². The highest BCUT2D eigenvalue weighted by Crippen LogP contribution is 2.25. The lowest BCUT2D eigenvalue weighted by molar-refractivity contribution is 0.127. The molecule has 1 rings (SSSR count). The van der Waals surface area contributed by atoms with Crippen LogP contribution in [0.25, 0.3) is 0 Å². The van der Waals surface area contributed by atoms with E-state index < -0.39 is 0 Å². The second kappa shape index (κ2) is 7.05. The summed E-state index contributed by atoms with van der Waals surface area (Å²) in [5, 5.41) is 12.6. The Balaban J connectivity index is 2.81. The van der Waals surface area contributed by atoms with Crippen molar-refractivity contribution in [2.75, 3.05) is 31.0 Å². The summed E-state index contributed by atoms with van der Waals surface area (Å²) in [6.45, 7) is 4.76. The summed E-state index contributed by atoms with van der Waals surface area (Å²) < 4.78 is 4.96. The van der Waals surface area contributed by atoms with Gasteiger partial charge in [0.05, 0.1) is 13.7 Å². The van der Waals surface area contributed by atoms with Gasteiger partial charge >= 0.3 is 6.01 Å². The van der Waals surface area contributed by atoms with Gasteiger partial charge in [-0.15, -0.1) is 0 Å². The van der Waals surface area contributed by atoms with Crippen molar-refractivity contribution in [3.8, 4) is 6.01 Å². The van der Waals surface area contributed by atoms with Crippen molar-refractivity contribution in [3.05, 3.63) is 0 Å². The van der Waals surface area contributed by atoms with Crippen LogP contribution in [0.2, 0.25) is 0 Å². The number of nitrogen functional groups attached to an aromatic ring is 1. The van der Waals surface area contributed by atoms with E-state index >= 15 is 0 Å². The van der Waals surface area contributed by atoms with Crippen LogP contribution in [0.1, 0.15) is 26.7 Å². The smallest absolute Gasteiger partial charge is 0.322 e. The molecular weight excluding hydrogens is 248 g/mol. The Hall–Kier alpha value is -1.67. The molecule has 0 amide bonds. The minimum absolute atomic E-state index is 0.108. The molecule has 0 fully saturated rings. The number of hydrogen-bond donors (Lipinski definition) is 4. The maximum absolute atomic E-state index is 9.51. The maximum Gasteiger partial charge on any atom is 0.322 e. The number of aliphatic hydroxyl groups excluding tert-OH is 1. The topological polar surface area (TPSA) is 118 Å². The van der Waals surface area contributed by atoms with Gasteiger partial charge in [0.2, 0.25) is 11.9 Å². The molecule has 0 aliphatic carbocycles. The fourth-order valence-electron chi connectivity index (χ4n) is 1.64. The molecule has 0 bridgehead atoms. The first-order valence-corrected chi connectivity index (χ1v) is 6.24. The molecule has 0 saturated heterocycles. The van der Waals surface area contributed by atoms with Crippen LogP contribution in [0.5, 0.6) is 6.01 Å². The highest BCUT2D eigenvalue weighted by atomic mass is 16.5. The molecule has 5 N–H and O–H groups in total. The summed E-state index contributed by atoms with van der Waals surface area (Å²) in [5.74, 6) is 5.86. The minimum atomic E-state index is -0.184. The Morgan fingerprint density at radius 1 is 1.21 bits per heavy atom. The van der Waals surface area contributed by atoms with E-state index in [-0.39, 0.29) is 24.0 Å². The molecule has 8 nitrogen and oxygen atoms in total. The van der Waals surface area contributed by atoms with Gasteiger partial charge < -0.3 is 15.2 Å². The molecule has 0 aliphatic rings. The molecule has 1 aromatic heterocycles. The molecule has 0 saturated carbocycles. The van der Waals surface area contributed by atoms with Crippen LogP contribution >= 0.6 is 0 Å². The number of aromatic nitrogens is 3. The predicted molar refractivity (Wildman–Crippen MR) is 72.8 cm³/mol. The number of nitrogens with zero attached hydrogens (tertiary/aromatic N) is 3. The lowest BCUT2D eigenvalue weighted by atomic mass is 9.83. The predicted octanol–water partition coefficient (Wildman–Crippen LogP) is 0.376. The van der Waals surface area contributed by atoms with Gasteiger partial charge in [0, 0.05) is 12.0 Å². The summed E-state index contributed by atoms with van der Waals surface area (Å²) in [5.41, 5.74) is 2.17. The van der Waals surface area contributed by atoms with Gasteiger partial charge in [-0.3, -0.25) is 5.43 Å². The average Bonchev–Trinajstić information content (AvgIpc) is 2.48. The van der Waals surface area contributed by atoms with Crippen molar-refractivity contribution in [1.29, 1.82) is 0 Å². The highest BCUT2D eigenvalue weighted by Gasteiger charge is 2.25. The number of nitrogens with two attached hydrogens (primary N) is 1. The van der Waals surface area contributed by atoms with Crippen LogP contribution in [0.15, 0.2) is 0 Å². The van der Waals surface area contributed by atoms with Gasteiger partial charge in [-0.1, -0.05) is 13.8 Å². The fourth-order valence-corrected chi connectivity index (χ4v) is 1.64. The highest BCUT2D eigenvalue weighted by molar-refractivity contribution is 5.35. The molecule has 8 heteroatoms. The van der Waals surface area contributed by atoms with Crippen LogP contribution in [-0.4, -0.2) is 40.3 Å². The molecule has 0 spiro atoms. The third-order valence-corrected chi connectivity index (χ3v) is 3.38. The van der Waals surface area contributed by atoms with E-state index in [1.54, 1.807) is 0 Å². The zero-order chi connectivity index (χ0) is 14.3. The first kappa shape index (κ1) is 15.4. The first-order valence-electron chi connectivity index (χ1n) is 6.24. The Labute approximate surface area is 112 Å². The van der Waals surface area contributed by atoms with Crippen molar-refractivity contribution < 1.29 is 9.84 Å². The van der Waals surface area contributed by atoms with Crippen LogP contribution in [0.4, 0.5) is 11.9 Å². The van der Waals surface area contributed by atoms with Gasteiger partial charge in [0.15, 0.2) is 0 Å². The molecule has 0 aromatic carbocycles. The van der Waals surface area contributed by atoms with Crippen LogP contribution < -0.4 is 21.3 Å². The summed E-state index contributed by atoms with van der Waals surface area (Å²) in [6, 6.07) is 0.174. The summed E-state index contributed by atoms with van der Waals surface area (Å²) in [6.07, 6.45) is 1.72. The minimum Gasteiger partial charge on any atom is -0.467 e. The Morgan fingerprint density at radius 2 is 1.84 bits per heavy atom. The monoisotopic (exact) mass is 270 g/mol. The fraction of sp³-hybridized carbons (Fsp3) is 0.727. The van der Waals surface area contributed by atoms with Crippen molar-refractivity contribution in [2.45, 2.75) is 26.7 Å². The standard InChI is InChI=1S/C11H22N6O2/c1-4-11(5-2,7-18)6-13-8-14-9(17-12)16-10(15-8)19-3/h18H,4-7,12H2,1-3H3,(H2,13,14,15,16,17). The number of ether oxygens (including phenoxy) is 1. The van der Waals surface area contributed by atoms with E-state index in [0.717, 1.165) is 12.8 Å². The van der Waals surface area contributed by atoms with Gasteiger partial charge in [0.25, 0.3) is 0 Å². The number of rotatable bonds is 8. The molecule has 0 aliphatic heterocycles. The number of methoxy groups -OCH3 is 1. The second-order valence-electron chi connectivity index (χ2n) is 4.33. The quantitative estimate of drug-likeness (QED) is 0.395. The molecule has 108 valence electrons. The van der Waals surface area contributed by atoms with Gasteiger partial charge in [0.1, 0.15) is 0 Å². The first-order chi connectivity index (χ1) is 9.12. The molecule has 0 radical (unpaired) electrons. The third kappa shape index (κ3) is 3.90. The molecule has 0 atom stereocenters. The zero-order valence-corrected chi connectivity index (χ0v) is 11.6.